The Morgan fingerprint density at radius 3 is 1.14 bits per heavy atom. The van der Waals surface area contributed by atoms with Gasteiger partial charge < -0.3 is 53.2 Å². The molecular formula is C22H36N6O12S2. The highest BCUT2D eigenvalue weighted by molar-refractivity contribution is 8.76. The summed E-state index contributed by atoms with van der Waals surface area (Å²) < 4.78 is 0. The number of carbonyl (C=O) groups excluding carboxylic acids is 4. The number of nitrogens with one attached hydrogen (secondary N) is 4. The molecule has 0 aliphatic heterocycles. The molecule has 0 saturated heterocycles. The molecule has 0 unspecified atom stereocenters. The van der Waals surface area contributed by atoms with Crippen molar-refractivity contribution in [3.05, 3.63) is 0 Å². The molecule has 6 atom stereocenters. The van der Waals surface area contributed by atoms with Gasteiger partial charge in [0.2, 0.25) is 23.6 Å². The van der Waals surface area contributed by atoms with E-state index in [0.29, 0.717) is 0 Å². The van der Waals surface area contributed by atoms with Gasteiger partial charge in [0.25, 0.3) is 0 Å². The monoisotopic (exact) mass is 640 g/mol. The van der Waals surface area contributed by atoms with Crippen LogP contribution in [0, 0.1) is 0 Å². The summed E-state index contributed by atoms with van der Waals surface area (Å²) in [6.45, 7) is 2.39. The van der Waals surface area contributed by atoms with Gasteiger partial charge in [0.05, 0.1) is 0 Å². The normalized spacial score (nSPS) is 15.0. The number of carboxylic acids is 4. The molecule has 238 valence electrons. The quantitative estimate of drug-likeness (QED) is 0.0438. The highest BCUT2D eigenvalue weighted by atomic mass is 33.1. The van der Waals surface area contributed by atoms with Crippen LogP contribution in [-0.2, 0) is 38.4 Å². The first-order chi connectivity index (χ1) is 19.5. The summed E-state index contributed by atoms with van der Waals surface area (Å²) in [5, 5.41) is 45.0. The average molecular weight is 641 g/mol. The van der Waals surface area contributed by atoms with Gasteiger partial charge in [0.15, 0.2) is 0 Å². The van der Waals surface area contributed by atoms with Gasteiger partial charge in [-0.05, 0) is 26.7 Å². The maximum Gasteiger partial charge on any atom is 0.325 e. The second-order valence-electron chi connectivity index (χ2n) is 8.91. The summed E-state index contributed by atoms with van der Waals surface area (Å²) in [5.74, 6) is -8.84. The molecule has 12 N–H and O–H groups in total. The minimum absolute atomic E-state index is 0.166. The Bertz CT molecular complexity index is 938. The third-order valence-electron chi connectivity index (χ3n) is 5.31. The first-order valence-electron chi connectivity index (χ1n) is 12.3. The third kappa shape index (κ3) is 16.0. The summed E-state index contributed by atoms with van der Waals surface area (Å²) in [6, 6.07) is -7.81. The molecule has 0 saturated carbocycles. The summed E-state index contributed by atoms with van der Waals surface area (Å²) in [4.78, 5) is 93.8. The van der Waals surface area contributed by atoms with Gasteiger partial charge in [-0.2, -0.15) is 0 Å². The van der Waals surface area contributed by atoms with E-state index in [4.69, 9.17) is 31.9 Å². The van der Waals surface area contributed by atoms with Gasteiger partial charge in [-0.25, -0.2) is 0 Å². The van der Waals surface area contributed by atoms with Crippen LogP contribution >= 0.6 is 21.6 Å². The van der Waals surface area contributed by atoms with Crippen molar-refractivity contribution in [3.63, 3.8) is 0 Å². The van der Waals surface area contributed by atoms with Gasteiger partial charge in [0, 0.05) is 24.3 Å². The zero-order chi connectivity index (χ0) is 32.6. The number of hydrogen-bond donors (Lipinski definition) is 10. The Morgan fingerprint density at radius 1 is 0.571 bits per heavy atom. The van der Waals surface area contributed by atoms with E-state index in [0.717, 1.165) is 21.6 Å². The van der Waals surface area contributed by atoms with Crippen LogP contribution in [0.3, 0.4) is 0 Å². The molecule has 18 nitrogen and oxygen atoms in total. The SMILES string of the molecule is C[C@H](NC(=O)[C@H](CSSC[C@H](NC(=O)CC[C@H](N)C(=O)O)C(=O)N[C@@H](C)C(=O)O)NC(=O)CC[C@H](N)C(=O)O)C(=O)O. The minimum Gasteiger partial charge on any atom is -0.480 e. The van der Waals surface area contributed by atoms with Gasteiger partial charge in [-0.15, -0.1) is 0 Å². The smallest absolute Gasteiger partial charge is 0.325 e. The predicted molar refractivity (Wildman–Crippen MR) is 149 cm³/mol. The standard InChI is InChI=1S/C22H36N6O12S2/c1-9(19(33)34)25-17(31)13(27-15(29)5-3-11(23)21(37)38)7-41-42-8-14(18(32)26-10(2)20(35)36)28-16(30)6-4-12(24)22(39)40/h9-14H,3-8,23-24H2,1-2H3,(H,25,31)(H,26,32)(H,27,29)(H,28,30)(H,33,34)(H,35,36)(H,37,38)(H,39,40)/t9-,10-,11-,12-,13-,14-/m0/s1. The number of hydrogen-bond acceptors (Lipinski definition) is 12. The fraction of sp³-hybridized carbons (Fsp3) is 0.636. The Labute approximate surface area is 247 Å². The summed E-state index contributed by atoms with van der Waals surface area (Å²) in [5.41, 5.74) is 10.7. The molecule has 0 bridgehead atoms. The molecule has 0 heterocycles. The molecular weight excluding hydrogens is 604 g/mol. The molecule has 0 aromatic heterocycles. The maximum absolute atomic E-state index is 12.6. The first-order valence-corrected chi connectivity index (χ1v) is 14.8. The van der Waals surface area contributed by atoms with Gasteiger partial charge in [-0.1, -0.05) is 21.6 Å². The number of aliphatic carboxylic acids is 4. The highest BCUT2D eigenvalue weighted by Gasteiger charge is 2.27. The molecule has 4 amide bonds. The van der Waals surface area contributed by atoms with Crippen LogP contribution in [0.5, 0.6) is 0 Å². The van der Waals surface area contributed by atoms with Crippen molar-refractivity contribution in [1.29, 1.82) is 0 Å². The van der Waals surface area contributed by atoms with Gasteiger partial charge in [0.1, 0.15) is 36.3 Å². The number of nitrogens with two attached hydrogens (primary N) is 2. The zero-order valence-corrected chi connectivity index (χ0v) is 24.4. The van der Waals surface area contributed by atoms with Crippen LogP contribution in [0.25, 0.3) is 0 Å². The van der Waals surface area contributed by atoms with Gasteiger partial charge >= 0.3 is 23.9 Å². The molecule has 0 aromatic carbocycles. The van der Waals surface area contributed by atoms with Crippen molar-refractivity contribution in [3.8, 4) is 0 Å². The van der Waals surface area contributed by atoms with E-state index in [-0.39, 0.29) is 37.2 Å². The number of carboxylic acid groups (broad SMARTS) is 4. The molecule has 0 radical (unpaired) electrons. The Morgan fingerprint density at radius 2 is 0.881 bits per heavy atom. The Hall–Kier alpha value is -3.62. The first kappa shape index (κ1) is 38.4. The number of carbonyl (C=O) groups is 8. The van der Waals surface area contributed by atoms with Crippen molar-refractivity contribution in [2.24, 2.45) is 11.5 Å². The molecule has 42 heavy (non-hydrogen) atoms. The van der Waals surface area contributed by atoms with Crippen LogP contribution < -0.4 is 32.7 Å². The highest BCUT2D eigenvalue weighted by Crippen LogP contribution is 2.23. The second-order valence-corrected chi connectivity index (χ2v) is 11.5. The van der Waals surface area contributed by atoms with Crippen LogP contribution in [0.1, 0.15) is 39.5 Å². The largest absolute Gasteiger partial charge is 0.480 e. The third-order valence-corrected chi connectivity index (χ3v) is 7.74. The fourth-order valence-corrected chi connectivity index (χ4v) is 5.03. The number of rotatable bonds is 21. The molecule has 0 aliphatic rings. The van der Waals surface area contributed by atoms with E-state index in [1.54, 1.807) is 0 Å². The lowest BCUT2D eigenvalue weighted by Crippen LogP contribution is -2.52. The lowest BCUT2D eigenvalue weighted by atomic mass is 10.1. The van der Waals surface area contributed by atoms with Crippen molar-refractivity contribution < 1.29 is 58.8 Å². The van der Waals surface area contributed by atoms with Crippen molar-refractivity contribution in [2.45, 2.75) is 75.8 Å². The summed E-state index contributed by atoms with van der Waals surface area (Å²) in [6.07, 6.45) is -1.15. The minimum atomic E-state index is -1.34. The van der Waals surface area contributed by atoms with Crippen molar-refractivity contribution in [2.75, 3.05) is 11.5 Å². The predicted octanol–water partition coefficient (Wildman–Crippen LogP) is -3.10. The lowest BCUT2D eigenvalue weighted by Gasteiger charge is -2.21. The van der Waals surface area contributed by atoms with E-state index in [1.165, 1.54) is 13.8 Å². The molecule has 0 spiro atoms. The average Bonchev–Trinajstić information content (AvgIpc) is 2.90. The maximum atomic E-state index is 12.6. The van der Waals surface area contributed by atoms with E-state index < -0.39 is 83.8 Å². The molecule has 0 aliphatic carbocycles. The van der Waals surface area contributed by atoms with Gasteiger partial charge in [-0.3, -0.25) is 38.4 Å². The molecule has 0 aromatic rings. The van der Waals surface area contributed by atoms with E-state index in [2.05, 4.69) is 21.3 Å². The van der Waals surface area contributed by atoms with Crippen molar-refractivity contribution in [1.82, 2.24) is 21.3 Å². The lowest BCUT2D eigenvalue weighted by molar-refractivity contribution is -0.142. The van der Waals surface area contributed by atoms with Crippen LogP contribution in [0.2, 0.25) is 0 Å². The summed E-state index contributed by atoms with van der Waals surface area (Å²) in [7, 11) is 1.89. The van der Waals surface area contributed by atoms with Crippen LogP contribution in [-0.4, -0.2) is 116 Å². The van der Waals surface area contributed by atoms with Crippen LogP contribution in [0.4, 0.5) is 0 Å². The van der Waals surface area contributed by atoms with E-state index in [1.807, 2.05) is 0 Å². The molecule has 0 fully saturated rings. The Kier molecular flexibility index (Phi) is 17.8. The van der Waals surface area contributed by atoms with E-state index in [9.17, 15) is 38.4 Å². The molecule has 0 rings (SSSR count). The van der Waals surface area contributed by atoms with Crippen molar-refractivity contribution >= 4 is 69.1 Å². The summed E-state index contributed by atoms with van der Waals surface area (Å²) >= 11 is 0. The fourth-order valence-electron chi connectivity index (χ4n) is 2.70. The Balaban J connectivity index is 5.39. The topological polar surface area (TPSA) is 318 Å². The second kappa shape index (κ2) is 19.5. The zero-order valence-electron chi connectivity index (χ0n) is 22.7. The molecule has 20 heteroatoms. The number of amides is 4. The van der Waals surface area contributed by atoms with E-state index >= 15 is 0 Å². The van der Waals surface area contributed by atoms with Crippen LogP contribution in [0.15, 0.2) is 0 Å².